The van der Waals surface area contributed by atoms with E-state index in [9.17, 15) is 9.59 Å². The van der Waals surface area contributed by atoms with Crippen LogP contribution in [0.1, 0.15) is 27.8 Å². The average Bonchev–Trinajstić information content (AvgIpc) is 2.80. The lowest BCUT2D eigenvalue weighted by molar-refractivity contribution is 0.0954. The smallest absolute Gasteiger partial charge is 0.286 e. The van der Waals surface area contributed by atoms with Crippen LogP contribution in [-0.4, -0.2) is 26.2 Å². The first kappa shape index (κ1) is 12.7. The van der Waals surface area contributed by atoms with Gasteiger partial charge in [0.15, 0.2) is 5.78 Å². The van der Waals surface area contributed by atoms with Gasteiger partial charge in [-0.05, 0) is 19.1 Å². The number of hydrogen-bond acceptors (Lipinski definition) is 5. The summed E-state index contributed by atoms with van der Waals surface area (Å²) in [6.45, 7) is 1.45. The molecule has 0 radical (unpaired) electrons. The van der Waals surface area contributed by atoms with Crippen molar-refractivity contribution in [1.82, 2.24) is 20.0 Å². The number of anilines is 1. The van der Waals surface area contributed by atoms with Crippen molar-refractivity contribution in [2.45, 2.75) is 6.92 Å². The molecule has 0 saturated carbocycles. The maximum atomic E-state index is 11.9. The van der Waals surface area contributed by atoms with Crippen molar-refractivity contribution in [2.24, 2.45) is 7.05 Å². The average molecular weight is 259 g/mol. The van der Waals surface area contributed by atoms with Gasteiger partial charge in [0, 0.05) is 31.2 Å². The Labute approximate surface area is 109 Å². The quantitative estimate of drug-likeness (QED) is 0.625. The van der Waals surface area contributed by atoms with E-state index in [4.69, 9.17) is 0 Å². The highest BCUT2D eigenvalue weighted by Crippen LogP contribution is 2.08. The van der Waals surface area contributed by atoms with E-state index < -0.39 is 0 Å². The molecule has 1 amide bonds. The van der Waals surface area contributed by atoms with E-state index in [2.05, 4.69) is 20.8 Å². The van der Waals surface area contributed by atoms with Gasteiger partial charge in [-0.1, -0.05) is 0 Å². The van der Waals surface area contributed by atoms with Gasteiger partial charge in [-0.3, -0.25) is 20.4 Å². The molecule has 0 fully saturated rings. The van der Waals surface area contributed by atoms with Gasteiger partial charge in [-0.25, -0.2) is 9.97 Å². The number of Topliss-reactive ketones (excluding diaryl/α,β-unsaturated/α-hetero) is 1. The maximum Gasteiger partial charge on any atom is 0.286 e. The van der Waals surface area contributed by atoms with E-state index >= 15 is 0 Å². The Morgan fingerprint density at radius 3 is 2.53 bits per heavy atom. The zero-order valence-electron chi connectivity index (χ0n) is 10.5. The molecule has 0 spiro atoms. The first-order valence-electron chi connectivity index (χ1n) is 5.58. The number of hydrogen-bond donors (Lipinski definition) is 2. The summed E-state index contributed by atoms with van der Waals surface area (Å²) in [5, 5.41) is 0. The second-order valence-electron chi connectivity index (χ2n) is 3.93. The fraction of sp³-hybridized carbons (Fsp3) is 0.167. The van der Waals surface area contributed by atoms with Gasteiger partial charge in [-0.2, -0.15) is 0 Å². The topological polar surface area (TPSA) is 88.9 Å². The van der Waals surface area contributed by atoms with Gasteiger partial charge < -0.3 is 4.57 Å². The lowest BCUT2D eigenvalue weighted by Crippen LogP contribution is -2.31. The molecule has 2 aromatic heterocycles. The van der Waals surface area contributed by atoms with Crippen molar-refractivity contribution in [1.29, 1.82) is 0 Å². The summed E-state index contributed by atoms with van der Waals surface area (Å²) in [5.74, 6) is -0.173. The molecule has 19 heavy (non-hydrogen) atoms. The fourth-order valence-corrected chi connectivity index (χ4v) is 1.52. The number of aromatic nitrogens is 3. The first-order chi connectivity index (χ1) is 9.08. The molecular weight excluding hydrogens is 246 g/mol. The molecular formula is C12H13N5O2. The summed E-state index contributed by atoms with van der Waals surface area (Å²) in [6.07, 6.45) is 4.71. The van der Waals surface area contributed by atoms with Crippen LogP contribution in [0.25, 0.3) is 0 Å². The van der Waals surface area contributed by atoms with Crippen LogP contribution in [0.15, 0.2) is 30.7 Å². The number of hydrazine groups is 1. The van der Waals surface area contributed by atoms with Crippen LogP contribution in [0.4, 0.5) is 5.95 Å². The molecule has 98 valence electrons. The minimum absolute atomic E-state index is 0.0889. The normalized spacial score (nSPS) is 10.0. The van der Waals surface area contributed by atoms with Crippen LogP contribution < -0.4 is 10.9 Å². The Hall–Kier alpha value is -2.70. The summed E-state index contributed by atoms with van der Waals surface area (Å²) < 4.78 is 1.58. The van der Waals surface area contributed by atoms with Crippen LogP contribution in [0, 0.1) is 0 Å². The maximum absolute atomic E-state index is 11.9. The molecule has 7 heteroatoms. The van der Waals surface area contributed by atoms with Crippen molar-refractivity contribution in [3.63, 3.8) is 0 Å². The molecule has 0 bridgehead atoms. The number of nitrogens with zero attached hydrogens (tertiary/aromatic N) is 3. The van der Waals surface area contributed by atoms with E-state index in [1.807, 2.05) is 0 Å². The third-order valence-corrected chi connectivity index (χ3v) is 2.50. The highest BCUT2D eigenvalue weighted by molar-refractivity contribution is 5.99. The lowest BCUT2D eigenvalue weighted by Gasteiger charge is -2.06. The molecule has 0 atom stereocenters. The highest BCUT2D eigenvalue weighted by atomic mass is 16.2. The van der Waals surface area contributed by atoms with E-state index in [0.29, 0.717) is 11.3 Å². The number of ketones is 1. The molecule has 2 heterocycles. The summed E-state index contributed by atoms with van der Waals surface area (Å²) in [6, 6.07) is 3.20. The van der Waals surface area contributed by atoms with E-state index in [1.54, 1.807) is 36.3 Å². The lowest BCUT2D eigenvalue weighted by atomic mass is 10.2. The van der Waals surface area contributed by atoms with E-state index in [0.717, 1.165) is 0 Å². The molecule has 0 aliphatic rings. The van der Waals surface area contributed by atoms with Crippen molar-refractivity contribution in [3.8, 4) is 0 Å². The summed E-state index contributed by atoms with van der Waals surface area (Å²) in [5.41, 5.74) is 5.91. The third-order valence-electron chi connectivity index (χ3n) is 2.50. The monoisotopic (exact) mass is 259 g/mol. The Kier molecular flexibility index (Phi) is 3.56. The van der Waals surface area contributed by atoms with Gasteiger partial charge in [0.05, 0.1) is 0 Å². The van der Waals surface area contributed by atoms with Crippen molar-refractivity contribution < 1.29 is 9.59 Å². The predicted molar refractivity (Wildman–Crippen MR) is 68.5 cm³/mol. The predicted octanol–water partition coefficient (Wildman–Crippen LogP) is 0.775. The number of rotatable bonds is 4. The fourth-order valence-electron chi connectivity index (χ4n) is 1.52. The molecule has 2 N–H and O–H groups in total. The van der Waals surface area contributed by atoms with E-state index in [1.165, 1.54) is 13.0 Å². The van der Waals surface area contributed by atoms with Crippen LogP contribution in [-0.2, 0) is 7.05 Å². The number of aryl methyl sites for hydroxylation is 1. The Bertz CT molecular complexity index is 606. The number of amides is 1. The summed E-state index contributed by atoms with van der Waals surface area (Å²) >= 11 is 0. The second-order valence-corrected chi connectivity index (χ2v) is 3.93. The Morgan fingerprint density at radius 1 is 1.26 bits per heavy atom. The number of carbonyl (C=O) groups is 2. The molecule has 0 aliphatic carbocycles. The minimum Gasteiger partial charge on any atom is -0.346 e. The van der Waals surface area contributed by atoms with Gasteiger partial charge in [-0.15, -0.1) is 0 Å². The third kappa shape index (κ3) is 2.95. The molecule has 0 aromatic carbocycles. The largest absolute Gasteiger partial charge is 0.346 e. The van der Waals surface area contributed by atoms with Crippen LogP contribution in [0.3, 0.4) is 0 Å². The summed E-state index contributed by atoms with van der Waals surface area (Å²) in [4.78, 5) is 31.0. The molecule has 2 aromatic rings. The molecule has 7 nitrogen and oxygen atoms in total. The van der Waals surface area contributed by atoms with Crippen LogP contribution >= 0.6 is 0 Å². The molecule has 0 unspecified atom stereocenters. The Morgan fingerprint density at radius 2 is 1.95 bits per heavy atom. The highest BCUT2D eigenvalue weighted by Gasteiger charge is 2.13. The summed E-state index contributed by atoms with van der Waals surface area (Å²) in [7, 11) is 1.69. The molecule has 2 rings (SSSR count). The van der Waals surface area contributed by atoms with Crippen molar-refractivity contribution in [3.05, 3.63) is 42.0 Å². The zero-order chi connectivity index (χ0) is 13.8. The van der Waals surface area contributed by atoms with Crippen molar-refractivity contribution >= 4 is 17.6 Å². The van der Waals surface area contributed by atoms with Gasteiger partial charge in [0.1, 0.15) is 5.69 Å². The standard InChI is InChI=1S/C12H13N5O2/c1-8(18)9-6-10(17(2)7-9)11(19)15-16-12-13-4-3-5-14-12/h3-7H,1-2H3,(H,15,19)(H,13,14,16). The van der Waals surface area contributed by atoms with Gasteiger partial charge in [0.25, 0.3) is 5.91 Å². The second kappa shape index (κ2) is 5.30. The SMILES string of the molecule is CC(=O)c1cc(C(=O)NNc2ncccn2)n(C)c1. The van der Waals surface area contributed by atoms with Crippen LogP contribution in [0.5, 0.6) is 0 Å². The first-order valence-corrected chi connectivity index (χ1v) is 5.58. The number of nitrogens with one attached hydrogen (secondary N) is 2. The minimum atomic E-state index is -0.373. The molecule has 0 aliphatic heterocycles. The van der Waals surface area contributed by atoms with E-state index in [-0.39, 0.29) is 17.6 Å². The van der Waals surface area contributed by atoms with Crippen LogP contribution in [0.2, 0.25) is 0 Å². The Balaban J connectivity index is 2.06. The van der Waals surface area contributed by atoms with Gasteiger partial charge in [0.2, 0.25) is 5.95 Å². The number of carbonyl (C=O) groups excluding carboxylic acids is 2. The van der Waals surface area contributed by atoms with Gasteiger partial charge >= 0.3 is 0 Å². The van der Waals surface area contributed by atoms with Crippen molar-refractivity contribution in [2.75, 3.05) is 5.43 Å². The molecule has 0 saturated heterocycles. The zero-order valence-corrected chi connectivity index (χ0v) is 10.5.